The third-order valence-electron chi connectivity index (χ3n) is 9.35. The number of hydrazine groups is 1. The Kier molecular flexibility index (Phi) is 10.3. The van der Waals surface area contributed by atoms with Gasteiger partial charge in [0.15, 0.2) is 0 Å². The van der Waals surface area contributed by atoms with Crippen molar-refractivity contribution in [1.82, 2.24) is 15.6 Å². The van der Waals surface area contributed by atoms with E-state index in [-0.39, 0.29) is 35.6 Å². The number of amidine groups is 1. The Morgan fingerprint density at radius 1 is 1.11 bits per heavy atom. The first-order chi connectivity index (χ1) is 21.0. The Balaban J connectivity index is 0.00000216. The summed E-state index contributed by atoms with van der Waals surface area (Å²) in [4.78, 5) is 38.4. The maximum Gasteiger partial charge on any atom is 0.275 e. The third-order valence-corrected chi connectivity index (χ3v) is 9.35. The summed E-state index contributed by atoms with van der Waals surface area (Å²) >= 11 is 0. The molecule has 5 rings (SSSR count). The topological polar surface area (TPSA) is 112 Å². The van der Waals surface area contributed by atoms with Gasteiger partial charge in [0.1, 0.15) is 23.0 Å². The molecule has 2 aromatic carbocycles. The second kappa shape index (κ2) is 13.6. The summed E-state index contributed by atoms with van der Waals surface area (Å²) in [7, 11) is 1.60. The minimum atomic E-state index is -0.634. The fraction of sp³-hybridized carbons (Fsp3) is 0.543. The van der Waals surface area contributed by atoms with Gasteiger partial charge in [-0.3, -0.25) is 19.6 Å². The molecule has 238 valence electrons. The summed E-state index contributed by atoms with van der Waals surface area (Å²) < 4.78 is 14.2. The molecule has 0 saturated heterocycles. The van der Waals surface area contributed by atoms with Crippen molar-refractivity contribution in [1.29, 1.82) is 0 Å². The molecule has 2 amide bonds. The smallest absolute Gasteiger partial charge is 0.275 e. The lowest BCUT2D eigenvalue weighted by Gasteiger charge is -2.47. The highest BCUT2D eigenvalue weighted by Gasteiger charge is 2.55. The first-order valence-corrected chi connectivity index (χ1v) is 16.0. The van der Waals surface area contributed by atoms with E-state index in [1.807, 2.05) is 38.1 Å². The number of aryl methyl sites for hydroxylation is 1. The van der Waals surface area contributed by atoms with Crippen molar-refractivity contribution in [2.24, 2.45) is 33.1 Å². The standard InChI is InChI=1S/C33H43FN6O2.C2H6/c1-20-18-24(12-13-26(20)34)28-31(42)40(33(38-28)16-14-25(15-17-33)32(2,3)4)29(21-6-7-21)22-8-10-23(11-9-22)30(41)37-19-27(36-5)39-35;1-2/h8-13,18,21,25,29H,6-7,14-17,19,35H2,1-5H3,(H,36,39)(H,37,41);1-2H3. The monoisotopic (exact) mass is 604 g/mol. The van der Waals surface area contributed by atoms with Crippen LogP contribution in [0.1, 0.15) is 106 Å². The number of nitrogens with two attached hydrogens (primary N) is 1. The summed E-state index contributed by atoms with van der Waals surface area (Å²) in [5.41, 5.74) is 5.14. The fourth-order valence-electron chi connectivity index (χ4n) is 6.61. The van der Waals surface area contributed by atoms with E-state index in [1.54, 1.807) is 26.1 Å². The predicted molar refractivity (Wildman–Crippen MR) is 175 cm³/mol. The highest BCUT2D eigenvalue weighted by atomic mass is 19.1. The van der Waals surface area contributed by atoms with Crippen LogP contribution in [0.2, 0.25) is 0 Å². The number of nitrogens with zero attached hydrogens (tertiary/aromatic N) is 3. The summed E-state index contributed by atoms with van der Waals surface area (Å²) in [5.74, 6) is 6.17. The van der Waals surface area contributed by atoms with Crippen LogP contribution >= 0.6 is 0 Å². The summed E-state index contributed by atoms with van der Waals surface area (Å²) in [6.07, 6.45) is 5.64. The Labute approximate surface area is 261 Å². The molecule has 3 aliphatic rings. The quantitative estimate of drug-likeness (QED) is 0.154. The Morgan fingerprint density at radius 3 is 2.27 bits per heavy atom. The Hall–Kier alpha value is -3.59. The maximum atomic E-state index is 14.4. The Bertz CT molecular complexity index is 1400. The molecule has 0 bridgehead atoms. The SMILES string of the molecule is CC.CN=C(CNC(=O)c1ccc(C(C2CC2)N2C(=O)C(c3ccc(F)c(C)c3)=NC23CCC(C(C)(C)C)CC3)cc1)NN. The number of carbonyl (C=O) groups is 2. The minimum Gasteiger partial charge on any atom is -0.345 e. The molecule has 4 N–H and O–H groups in total. The zero-order valence-electron chi connectivity index (χ0n) is 27.3. The Morgan fingerprint density at radius 2 is 1.75 bits per heavy atom. The van der Waals surface area contributed by atoms with Gasteiger partial charge in [0.2, 0.25) is 0 Å². The second-order valence-electron chi connectivity index (χ2n) is 13.1. The molecule has 1 aliphatic heterocycles. The van der Waals surface area contributed by atoms with E-state index >= 15 is 0 Å². The molecule has 1 heterocycles. The predicted octanol–water partition coefficient (Wildman–Crippen LogP) is 6.10. The molecule has 8 nitrogen and oxygen atoms in total. The van der Waals surface area contributed by atoms with Crippen molar-refractivity contribution in [2.45, 2.75) is 91.8 Å². The van der Waals surface area contributed by atoms with Gasteiger partial charge in [-0.25, -0.2) is 10.2 Å². The van der Waals surface area contributed by atoms with Crippen LogP contribution in [0.4, 0.5) is 4.39 Å². The van der Waals surface area contributed by atoms with Gasteiger partial charge in [-0.1, -0.05) is 46.8 Å². The van der Waals surface area contributed by atoms with Crippen LogP contribution in [0.3, 0.4) is 0 Å². The number of hydrogen-bond donors (Lipinski definition) is 3. The molecule has 0 aromatic heterocycles. The number of aliphatic imine (C=N–C) groups is 2. The van der Waals surface area contributed by atoms with E-state index < -0.39 is 5.66 Å². The van der Waals surface area contributed by atoms with E-state index in [1.165, 1.54) is 6.07 Å². The number of benzene rings is 2. The van der Waals surface area contributed by atoms with Crippen molar-refractivity contribution in [2.75, 3.05) is 13.6 Å². The molecular formula is C35H49FN6O2. The van der Waals surface area contributed by atoms with Gasteiger partial charge in [0, 0.05) is 18.2 Å². The zero-order chi connectivity index (χ0) is 32.2. The van der Waals surface area contributed by atoms with E-state index in [9.17, 15) is 14.0 Å². The number of nitrogens with one attached hydrogen (secondary N) is 2. The van der Waals surface area contributed by atoms with Crippen LogP contribution in [0.25, 0.3) is 0 Å². The van der Waals surface area contributed by atoms with Crippen molar-refractivity contribution < 1.29 is 14.0 Å². The molecule has 1 atom stereocenters. The minimum absolute atomic E-state index is 0.0883. The van der Waals surface area contributed by atoms with Crippen LogP contribution in [0, 0.1) is 30.0 Å². The van der Waals surface area contributed by atoms with Gasteiger partial charge >= 0.3 is 0 Å². The lowest BCUT2D eigenvalue weighted by Crippen LogP contribution is -2.52. The molecular weight excluding hydrogens is 555 g/mol. The number of halogens is 1. The van der Waals surface area contributed by atoms with Crippen LogP contribution in [0.15, 0.2) is 52.4 Å². The van der Waals surface area contributed by atoms with E-state index in [2.05, 4.69) is 41.4 Å². The van der Waals surface area contributed by atoms with Crippen molar-refractivity contribution in [3.8, 4) is 0 Å². The molecule has 1 spiro atoms. The van der Waals surface area contributed by atoms with Crippen molar-refractivity contribution >= 4 is 23.4 Å². The van der Waals surface area contributed by atoms with Crippen LogP contribution in [0.5, 0.6) is 0 Å². The molecule has 9 heteroatoms. The van der Waals surface area contributed by atoms with Gasteiger partial charge in [-0.05, 0) is 104 Å². The van der Waals surface area contributed by atoms with Gasteiger partial charge < -0.3 is 15.6 Å². The molecule has 2 aliphatic carbocycles. The molecule has 2 fully saturated rings. The highest BCUT2D eigenvalue weighted by molar-refractivity contribution is 6.46. The number of amides is 2. The van der Waals surface area contributed by atoms with Crippen molar-refractivity contribution in [3.63, 3.8) is 0 Å². The summed E-state index contributed by atoms with van der Waals surface area (Å²) in [6, 6.07) is 12.2. The largest absolute Gasteiger partial charge is 0.345 e. The number of hydrogen-bond acceptors (Lipinski definition) is 5. The van der Waals surface area contributed by atoms with Gasteiger partial charge in [0.25, 0.3) is 11.8 Å². The maximum absolute atomic E-state index is 14.4. The van der Waals surface area contributed by atoms with Gasteiger partial charge in [-0.15, -0.1) is 0 Å². The fourth-order valence-corrected chi connectivity index (χ4v) is 6.61. The molecule has 44 heavy (non-hydrogen) atoms. The number of carbonyl (C=O) groups excluding carboxylic acids is 2. The normalized spacial score (nSPS) is 22.7. The highest BCUT2D eigenvalue weighted by Crippen LogP contribution is 2.54. The van der Waals surface area contributed by atoms with Gasteiger partial charge in [-0.2, -0.15) is 0 Å². The van der Waals surface area contributed by atoms with Crippen LogP contribution in [-0.2, 0) is 4.79 Å². The van der Waals surface area contributed by atoms with Crippen LogP contribution < -0.4 is 16.6 Å². The average molecular weight is 605 g/mol. The zero-order valence-corrected chi connectivity index (χ0v) is 27.3. The van der Waals surface area contributed by atoms with E-state index in [0.717, 1.165) is 44.1 Å². The summed E-state index contributed by atoms with van der Waals surface area (Å²) in [6.45, 7) is 12.8. The van der Waals surface area contributed by atoms with Gasteiger partial charge in [0.05, 0.1) is 12.6 Å². The molecule has 0 radical (unpaired) electrons. The number of rotatable bonds is 7. The first kappa shape index (κ1) is 33.3. The third kappa shape index (κ3) is 6.88. The van der Waals surface area contributed by atoms with E-state index in [4.69, 9.17) is 10.8 Å². The summed E-state index contributed by atoms with van der Waals surface area (Å²) in [5, 5.41) is 2.82. The van der Waals surface area contributed by atoms with E-state index in [0.29, 0.717) is 40.1 Å². The lowest BCUT2D eigenvalue weighted by atomic mass is 9.69. The molecule has 1 unspecified atom stereocenters. The van der Waals surface area contributed by atoms with Crippen molar-refractivity contribution in [3.05, 3.63) is 70.5 Å². The second-order valence-corrected chi connectivity index (χ2v) is 13.1. The first-order valence-electron chi connectivity index (χ1n) is 16.0. The molecule has 2 aromatic rings. The van der Waals surface area contributed by atoms with Crippen LogP contribution in [-0.4, -0.2) is 47.5 Å². The lowest BCUT2D eigenvalue weighted by molar-refractivity contribution is -0.134. The average Bonchev–Trinajstić information content (AvgIpc) is 3.82. The molecule has 2 saturated carbocycles.